The summed E-state index contributed by atoms with van der Waals surface area (Å²) in [4.78, 5) is 22.1. The molecule has 0 saturated carbocycles. The molecule has 0 bridgehead atoms. The highest BCUT2D eigenvalue weighted by molar-refractivity contribution is 5.79. The molecule has 0 radical (unpaired) electrons. The van der Waals surface area contributed by atoms with Crippen molar-refractivity contribution in [3.05, 3.63) is 18.6 Å². The second kappa shape index (κ2) is 6.17. The highest BCUT2D eigenvalue weighted by Gasteiger charge is 2.31. The molecule has 1 unspecified atom stereocenters. The Bertz CT molecular complexity index is 440. The summed E-state index contributed by atoms with van der Waals surface area (Å²) in [5.74, 6) is 0.909. The van der Waals surface area contributed by atoms with Crippen molar-refractivity contribution < 1.29 is 14.3 Å². The molecule has 1 atom stereocenters. The molecule has 2 aliphatic heterocycles. The summed E-state index contributed by atoms with van der Waals surface area (Å²) in [5, 5.41) is 0. The fourth-order valence-corrected chi connectivity index (χ4v) is 2.70. The topological polar surface area (TPSA) is 64.5 Å². The highest BCUT2D eigenvalue weighted by Crippen LogP contribution is 2.21. The van der Waals surface area contributed by atoms with E-state index in [1.165, 1.54) is 6.33 Å². The molecular formula is C14H19N3O3. The Labute approximate surface area is 118 Å². The van der Waals surface area contributed by atoms with Gasteiger partial charge in [0.1, 0.15) is 12.4 Å². The van der Waals surface area contributed by atoms with Gasteiger partial charge in [0.15, 0.2) is 0 Å². The molecule has 2 aliphatic rings. The van der Waals surface area contributed by atoms with Gasteiger partial charge >= 0.3 is 0 Å². The number of likely N-dealkylation sites (tertiary alicyclic amines) is 1. The second-order valence-corrected chi connectivity index (χ2v) is 5.25. The first kappa shape index (κ1) is 13.3. The lowest BCUT2D eigenvalue weighted by molar-refractivity contribution is -0.137. The first-order valence-corrected chi connectivity index (χ1v) is 7.12. The van der Waals surface area contributed by atoms with E-state index in [9.17, 15) is 4.79 Å². The maximum absolute atomic E-state index is 12.2. The van der Waals surface area contributed by atoms with Gasteiger partial charge in [0.05, 0.1) is 12.5 Å². The molecule has 6 heteroatoms. The molecule has 0 aliphatic carbocycles. The Morgan fingerprint density at radius 3 is 2.85 bits per heavy atom. The molecule has 0 aromatic carbocycles. The zero-order valence-corrected chi connectivity index (χ0v) is 11.4. The first-order valence-electron chi connectivity index (χ1n) is 7.12. The minimum Gasteiger partial charge on any atom is -0.474 e. The average molecular weight is 277 g/mol. The third-order valence-electron chi connectivity index (χ3n) is 3.87. The Balaban J connectivity index is 1.48. The van der Waals surface area contributed by atoms with Gasteiger partial charge in [-0.1, -0.05) is 0 Å². The molecule has 1 aromatic rings. The van der Waals surface area contributed by atoms with Gasteiger partial charge in [-0.3, -0.25) is 4.79 Å². The van der Waals surface area contributed by atoms with Crippen molar-refractivity contribution in [2.45, 2.75) is 25.4 Å². The van der Waals surface area contributed by atoms with Gasteiger partial charge in [-0.2, -0.15) is 0 Å². The number of rotatable bonds is 3. The largest absolute Gasteiger partial charge is 0.474 e. The molecule has 0 spiro atoms. The van der Waals surface area contributed by atoms with Gasteiger partial charge in [-0.05, 0) is 6.42 Å². The van der Waals surface area contributed by atoms with Crippen molar-refractivity contribution in [2.24, 2.45) is 5.92 Å². The van der Waals surface area contributed by atoms with Crippen LogP contribution in [0.5, 0.6) is 5.88 Å². The normalized spacial score (nSPS) is 23.8. The van der Waals surface area contributed by atoms with Crippen molar-refractivity contribution in [3.8, 4) is 5.88 Å². The van der Waals surface area contributed by atoms with Crippen LogP contribution in [0.3, 0.4) is 0 Å². The summed E-state index contributed by atoms with van der Waals surface area (Å²) < 4.78 is 11.1. The van der Waals surface area contributed by atoms with Crippen molar-refractivity contribution in [1.82, 2.24) is 14.9 Å². The number of carbonyl (C=O) groups excluding carboxylic acids is 1. The summed E-state index contributed by atoms with van der Waals surface area (Å²) in [7, 11) is 0. The summed E-state index contributed by atoms with van der Waals surface area (Å²) in [6.45, 7) is 2.80. The SMILES string of the molecule is O=C(C1CCOC1)N1CCC(Oc2ccncn2)CC1. The van der Waals surface area contributed by atoms with Gasteiger partial charge in [-0.15, -0.1) is 0 Å². The number of carbonyl (C=O) groups is 1. The van der Waals surface area contributed by atoms with Gasteiger partial charge in [0.25, 0.3) is 0 Å². The number of piperidine rings is 1. The quantitative estimate of drug-likeness (QED) is 0.820. The molecule has 3 rings (SSSR count). The van der Waals surface area contributed by atoms with Gasteiger partial charge in [-0.25, -0.2) is 9.97 Å². The van der Waals surface area contributed by atoms with Crippen LogP contribution in [0.15, 0.2) is 18.6 Å². The lowest BCUT2D eigenvalue weighted by Crippen LogP contribution is -2.44. The Kier molecular flexibility index (Phi) is 4.11. The molecule has 2 saturated heterocycles. The summed E-state index contributed by atoms with van der Waals surface area (Å²) in [6, 6.07) is 1.76. The van der Waals surface area contributed by atoms with Gasteiger partial charge in [0, 0.05) is 44.8 Å². The molecule has 108 valence electrons. The molecule has 3 heterocycles. The van der Waals surface area contributed by atoms with Crippen LogP contribution in [-0.4, -0.2) is 53.2 Å². The van der Waals surface area contributed by atoms with Crippen LogP contribution in [0.1, 0.15) is 19.3 Å². The van der Waals surface area contributed by atoms with Gasteiger partial charge < -0.3 is 14.4 Å². The number of ether oxygens (including phenoxy) is 2. The fraction of sp³-hybridized carbons (Fsp3) is 0.643. The monoisotopic (exact) mass is 277 g/mol. The van der Waals surface area contributed by atoms with Crippen LogP contribution >= 0.6 is 0 Å². The van der Waals surface area contributed by atoms with E-state index in [1.54, 1.807) is 12.3 Å². The van der Waals surface area contributed by atoms with Crippen molar-refractivity contribution in [1.29, 1.82) is 0 Å². The summed E-state index contributed by atoms with van der Waals surface area (Å²) in [6.07, 6.45) is 5.84. The molecule has 6 nitrogen and oxygen atoms in total. The molecule has 1 aromatic heterocycles. The average Bonchev–Trinajstić information content (AvgIpc) is 3.03. The van der Waals surface area contributed by atoms with Crippen LogP contribution in [0.25, 0.3) is 0 Å². The molecule has 0 N–H and O–H groups in total. The van der Waals surface area contributed by atoms with E-state index in [0.29, 0.717) is 19.1 Å². The van der Waals surface area contributed by atoms with Crippen molar-refractivity contribution in [2.75, 3.05) is 26.3 Å². The minimum absolute atomic E-state index is 0.0642. The second-order valence-electron chi connectivity index (χ2n) is 5.25. The van der Waals surface area contributed by atoms with Crippen LogP contribution in [0.2, 0.25) is 0 Å². The first-order chi connectivity index (χ1) is 9.83. The van der Waals surface area contributed by atoms with Gasteiger partial charge in [0.2, 0.25) is 11.8 Å². The molecule has 1 amide bonds. The van der Waals surface area contributed by atoms with Crippen LogP contribution in [0, 0.1) is 5.92 Å². The van der Waals surface area contributed by atoms with E-state index < -0.39 is 0 Å². The number of aromatic nitrogens is 2. The maximum atomic E-state index is 12.2. The van der Waals surface area contributed by atoms with E-state index in [2.05, 4.69) is 9.97 Å². The fourth-order valence-electron chi connectivity index (χ4n) is 2.70. The van der Waals surface area contributed by atoms with Crippen LogP contribution < -0.4 is 4.74 Å². The number of nitrogens with zero attached hydrogens (tertiary/aromatic N) is 3. The smallest absolute Gasteiger partial charge is 0.228 e. The molecular weight excluding hydrogens is 258 g/mol. The van der Waals surface area contributed by atoms with E-state index >= 15 is 0 Å². The van der Waals surface area contributed by atoms with Crippen molar-refractivity contribution >= 4 is 5.91 Å². The van der Waals surface area contributed by atoms with E-state index in [0.717, 1.165) is 32.4 Å². The van der Waals surface area contributed by atoms with E-state index in [-0.39, 0.29) is 17.9 Å². The third-order valence-corrected chi connectivity index (χ3v) is 3.87. The molecule has 20 heavy (non-hydrogen) atoms. The van der Waals surface area contributed by atoms with Crippen LogP contribution in [-0.2, 0) is 9.53 Å². The van der Waals surface area contributed by atoms with Crippen LogP contribution in [0.4, 0.5) is 0 Å². The molecule has 2 fully saturated rings. The van der Waals surface area contributed by atoms with Crippen molar-refractivity contribution in [3.63, 3.8) is 0 Å². The predicted octanol–water partition coefficient (Wildman–Crippen LogP) is 0.883. The highest BCUT2D eigenvalue weighted by atomic mass is 16.5. The number of hydrogen-bond donors (Lipinski definition) is 0. The van der Waals surface area contributed by atoms with E-state index in [4.69, 9.17) is 9.47 Å². The lowest BCUT2D eigenvalue weighted by atomic mass is 10.0. The lowest BCUT2D eigenvalue weighted by Gasteiger charge is -2.33. The zero-order chi connectivity index (χ0) is 13.8. The Hall–Kier alpha value is -1.69. The summed E-state index contributed by atoms with van der Waals surface area (Å²) >= 11 is 0. The minimum atomic E-state index is 0.0642. The number of hydrogen-bond acceptors (Lipinski definition) is 5. The third kappa shape index (κ3) is 3.07. The Morgan fingerprint density at radius 1 is 1.35 bits per heavy atom. The zero-order valence-electron chi connectivity index (χ0n) is 11.4. The van der Waals surface area contributed by atoms with E-state index in [1.807, 2.05) is 4.90 Å². The standard InChI is InChI=1S/C14H19N3O3/c18-14(11-4-8-19-9-11)17-6-2-12(3-7-17)20-13-1-5-15-10-16-13/h1,5,10-12H,2-4,6-9H2. The predicted molar refractivity (Wildman–Crippen MR) is 71.2 cm³/mol. The maximum Gasteiger partial charge on any atom is 0.228 e. The number of amides is 1. The Morgan fingerprint density at radius 2 is 2.20 bits per heavy atom. The summed E-state index contributed by atoms with van der Waals surface area (Å²) in [5.41, 5.74) is 0.